The van der Waals surface area contributed by atoms with E-state index < -0.39 is 0 Å². The highest BCUT2D eigenvalue weighted by atomic mass is 35.5. The summed E-state index contributed by atoms with van der Waals surface area (Å²) in [5.41, 5.74) is 3.21. The van der Waals surface area contributed by atoms with Crippen molar-refractivity contribution in [1.82, 2.24) is 9.88 Å². The number of thioether (sulfide) groups is 1. The van der Waals surface area contributed by atoms with Crippen LogP contribution in [0.3, 0.4) is 0 Å². The normalized spacial score (nSPS) is 11.0. The highest BCUT2D eigenvalue weighted by Gasteiger charge is 2.20. The summed E-state index contributed by atoms with van der Waals surface area (Å²) < 4.78 is 1.02. The number of rotatable bonds is 9. The van der Waals surface area contributed by atoms with Gasteiger partial charge < -0.3 is 4.90 Å². The Bertz CT molecular complexity index is 1010. The first-order valence-corrected chi connectivity index (χ1v) is 12.2. The number of thiazole rings is 1. The fraction of sp³-hybridized carbons (Fsp3) is 0.391. The van der Waals surface area contributed by atoms with Gasteiger partial charge in [-0.3, -0.25) is 9.69 Å². The van der Waals surface area contributed by atoms with Crippen LogP contribution in [0.15, 0.2) is 41.3 Å². The number of aromatic nitrogens is 1. The van der Waals surface area contributed by atoms with Crippen LogP contribution in [0.5, 0.6) is 0 Å². The van der Waals surface area contributed by atoms with Gasteiger partial charge in [-0.1, -0.05) is 40.6 Å². The van der Waals surface area contributed by atoms with Gasteiger partial charge in [-0.25, -0.2) is 4.98 Å². The molecule has 0 atom stereocenters. The zero-order valence-electron chi connectivity index (χ0n) is 18.4. The molecule has 1 aromatic heterocycles. The summed E-state index contributed by atoms with van der Waals surface area (Å²) in [6.07, 6.45) is 1.38. The molecule has 3 rings (SSSR count). The summed E-state index contributed by atoms with van der Waals surface area (Å²) in [5.74, 6) is 0.873. The van der Waals surface area contributed by atoms with Crippen molar-refractivity contribution in [3.63, 3.8) is 0 Å². The number of aryl methyl sites for hydroxylation is 2. The zero-order chi connectivity index (χ0) is 21.7. The van der Waals surface area contributed by atoms with Crippen LogP contribution in [0.1, 0.15) is 24.0 Å². The first-order chi connectivity index (χ1) is 14.3. The Hall–Kier alpha value is -1.31. The van der Waals surface area contributed by atoms with Crippen LogP contribution >= 0.6 is 47.1 Å². The fourth-order valence-electron chi connectivity index (χ4n) is 3.16. The number of fused-ring (bicyclic) bond motifs is 1. The summed E-state index contributed by atoms with van der Waals surface area (Å²) in [6, 6.07) is 12.3. The monoisotopic (exact) mass is 497 g/mol. The van der Waals surface area contributed by atoms with Gasteiger partial charge in [-0.2, -0.15) is 0 Å². The zero-order valence-corrected chi connectivity index (χ0v) is 21.6. The molecule has 1 amide bonds. The molecule has 0 fully saturated rings. The van der Waals surface area contributed by atoms with Gasteiger partial charge in [0.2, 0.25) is 5.91 Å². The Labute approximate surface area is 204 Å². The smallest absolute Gasteiger partial charge is 0.229 e. The minimum Gasteiger partial charge on any atom is -0.309 e. The van der Waals surface area contributed by atoms with Crippen molar-refractivity contribution in [2.75, 3.05) is 37.8 Å². The van der Waals surface area contributed by atoms with Crippen molar-refractivity contribution in [2.45, 2.75) is 31.6 Å². The summed E-state index contributed by atoms with van der Waals surface area (Å²) in [7, 11) is 4.10. The fourth-order valence-corrected chi connectivity index (χ4v) is 5.46. The van der Waals surface area contributed by atoms with Crippen LogP contribution in [-0.4, -0.2) is 48.7 Å². The number of carbonyl (C=O) groups excluding carboxylic acids is 1. The van der Waals surface area contributed by atoms with E-state index in [9.17, 15) is 4.79 Å². The van der Waals surface area contributed by atoms with Gasteiger partial charge in [0.15, 0.2) is 5.13 Å². The van der Waals surface area contributed by atoms with E-state index >= 15 is 0 Å². The number of hydrogen-bond donors (Lipinski definition) is 0. The van der Waals surface area contributed by atoms with E-state index in [2.05, 4.69) is 36.1 Å². The number of anilines is 1. The van der Waals surface area contributed by atoms with Crippen LogP contribution in [0, 0.1) is 13.8 Å². The molecule has 0 aliphatic carbocycles. The lowest BCUT2D eigenvalue weighted by atomic mass is 10.2. The van der Waals surface area contributed by atoms with Crippen LogP contribution in [0.25, 0.3) is 10.2 Å². The van der Waals surface area contributed by atoms with E-state index in [1.807, 2.05) is 38.1 Å². The largest absolute Gasteiger partial charge is 0.309 e. The number of halogens is 2. The first-order valence-electron chi connectivity index (χ1n) is 10.0. The third kappa shape index (κ3) is 7.36. The Morgan fingerprint density at radius 1 is 1.13 bits per heavy atom. The number of amides is 1. The lowest BCUT2D eigenvalue weighted by Crippen LogP contribution is -2.33. The summed E-state index contributed by atoms with van der Waals surface area (Å²) in [6.45, 7) is 5.68. The van der Waals surface area contributed by atoms with Crippen molar-refractivity contribution in [1.29, 1.82) is 0 Å². The van der Waals surface area contributed by atoms with Crippen molar-refractivity contribution in [2.24, 2.45) is 0 Å². The molecular weight excluding hydrogens is 469 g/mol. The van der Waals surface area contributed by atoms with Crippen molar-refractivity contribution >= 4 is 68.4 Å². The molecule has 2 aromatic carbocycles. The average molecular weight is 499 g/mol. The summed E-state index contributed by atoms with van der Waals surface area (Å²) in [4.78, 5) is 23.1. The molecule has 0 aliphatic heterocycles. The molecule has 0 bridgehead atoms. The van der Waals surface area contributed by atoms with Crippen LogP contribution in [0.4, 0.5) is 5.13 Å². The highest BCUT2D eigenvalue weighted by Crippen LogP contribution is 2.33. The van der Waals surface area contributed by atoms with Gasteiger partial charge in [0, 0.05) is 28.6 Å². The molecule has 1 heterocycles. The number of benzene rings is 2. The molecule has 0 saturated heterocycles. The minimum absolute atomic E-state index is 0. The Kier molecular flexibility index (Phi) is 10.1. The predicted molar refractivity (Wildman–Crippen MR) is 139 cm³/mol. The molecule has 0 spiro atoms. The quantitative estimate of drug-likeness (QED) is 0.318. The summed E-state index contributed by atoms with van der Waals surface area (Å²) in [5, 5.41) is 1.47. The van der Waals surface area contributed by atoms with Gasteiger partial charge in [-0.05, 0) is 70.7 Å². The van der Waals surface area contributed by atoms with E-state index in [-0.39, 0.29) is 18.3 Å². The minimum atomic E-state index is 0. The molecule has 0 N–H and O–H groups in total. The first kappa shape index (κ1) is 25.9. The third-order valence-electron chi connectivity index (χ3n) is 4.76. The van der Waals surface area contributed by atoms with Crippen molar-refractivity contribution in [3.05, 3.63) is 52.5 Å². The molecule has 3 aromatic rings. The molecule has 0 aliphatic rings. The Balaban J connectivity index is 0.00000341. The summed E-state index contributed by atoms with van der Waals surface area (Å²) >= 11 is 9.48. The van der Waals surface area contributed by atoms with Gasteiger partial charge >= 0.3 is 0 Å². The number of carbonyl (C=O) groups is 1. The van der Waals surface area contributed by atoms with Crippen LogP contribution in [0.2, 0.25) is 5.02 Å². The van der Waals surface area contributed by atoms with Crippen LogP contribution < -0.4 is 4.90 Å². The standard InChI is InChI=1S/C23H28ClN3OS2.ClH/c1-16-6-8-19(9-7-16)29-13-10-21(28)27(12-5-11-26(3)4)23-25-22-17(2)14-18(24)15-20(22)30-23;/h6-9,14-15H,5,10-13H2,1-4H3;1H. The van der Waals surface area contributed by atoms with Crippen molar-refractivity contribution in [3.8, 4) is 0 Å². The second-order valence-corrected chi connectivity index (χ2v) is 10.3. The maximum Gasteiger partial charge on any atom is 0.229 e. The second-order valence-electron chi connectivity index (χ2n) is 7.68. The van der Waals surface area contributed by atoms with Gasteiger partial charge in [0.05, 0.1) is 10.2 Å². The maximum atomic E-state index is 13.1. The number of hydrogen-bond acceptors (Lipinski definition) is 5. The predicted octanol–water partition coefficient (Wildman–Crippen LogP) is 6.46. The lowest BCUT2D eigenvalue weighted by Gasteiger charge is -2.21. The van der Waals surface area contributed by atoms with E-state index in [1.165, 1.54) is 10.5 Å². The molecule has 0 unspecified atom stereocenters. The Morgan fingerprint density at radius 2 is 1.84 bits per heavy atom. The van der Waals surface area contributed by atoms with E-state index in [1.54, 1.807) is 23.1 Å². The van der Waals surface area contributed by atoms with E-state index in [4.69, 9.17) is 16.6 Å². The molecule has 0 saturated carbocycles. The number of nitrogens with zero attached hydrogens (tertiary/aromatic N) is 3. The van der Waals surface area contributed by atoms with Gasteiger partial charge in [-0.15, -0.1) is 24.2 Å². The molecule has 31 heavy (non-hydrogen) atoms. The lowest BCUT2D eigenvalue weighted by molar-refractivity contribution is -0.118. The molecule has 168 valence electrons. The molecule has 4 nitrogen and oxygen atoms in total. The molecule has 8 heteroatoms. The average Bonchev–Trinajstić information content (AvgIpc) is 3.10. The third-order valence-corrected chi connectivity index (χ3v) is 7.02. The van der Waals surface area contributed by atoms with Crippen molar-refractivity contribution < 1.29 is 4.79 Å². The SMILES string of the molecule is Cc1ccc(SCCC(=O)N(CCCN(C)C)c2nc3c(C)cc(Cl)cc3s2)cc1.Cl. The van der Waals surface area contributed by atoms with Gasteiger partial charge in [0.25, 0.3) is 0 Å². The van der Waals surface area contributed by atoms with Gasteiger partial charge in [0.1, 0.15) is 0 Å². The molecule has 0 radical (unpaired) electrons. The molecular formula is C23H29Cl2N3OS2. The highest BCUT2D eigenvalue weighted by molar-refractivity contribution is 7.99. The topological polar surface area (TPSA) is 36.4 Å². The van der Waals surface area contributed by atoms with E-state index in [0.717, 1.165) is 39.6 Å². The second kappa shape index (κ2) is 12.1. The van der Waals surface area contributed by atoms with E-state index in [0.29, 0.717) is 18.0 Å². The maximum absolute atomic E-state index is 13.1. The van der Waals surface area contributed by atoms with Crippen LogP contribution in [-0.2, 0) is 4.79 Å². The Morgan fingerprint density at radius 3 is 2.52 bits per heavy atom.